The quantitative estimate of drug-likeness (QED) is 0.423. The normalized spacial score (nSPS) is 11.4. The highest BCUT2D eigenvalue weighted by atomic mass is 79.9. The van der Waals surface area contributed by atoms with Crippen LogP contribution in [-0.4, -0.2) is 42.0 Å². The van der Waals surface area contributed by atoms with Crippen molar-refractivity contribution < 1.29 is 9.18 Å². The third-order valence-corrected chi connectivity index (χ3v) is 6.37. The Morgan fingerprint density at radius 3 is 2.64 bits per heavy atom. The molecule has 1 aromatic heterocycles. The molecule has 0 spiro atoms. The number of fused-ring (bicyclic) bond motifs is 1. The lowest BCUT2D eigenvalue weighted by Crippen LogP contribution is -2.39. The third kappa shape index (κ3) is 4.71. The zero-order valence-corrected chi connectivity index (χ0v) is 18.7. The Labute approximate surface area is 181 Å². The molecule has 0 aliphatic heterocycles. The van der Waals surface area contributed by atoms with E-state index < -0.39 is 0 Å². The minimum Gasteiger partial charge on any atom is -0.302 e. The van der Waals surface area contributed by atoms with E-state index in [1.165, 1.54) is 23.5 Å². The van der Waals surface area contributed by atoms with Gasteiger partial charge in [0.2, 0.25) is 0 Å². The molecule has 0 aliphatic carbocycles. The zero-order chi connectivity index (χ0) is 20.3. The van der Waals surface area contributed by atoms with Gasteiger partial charge in [0.1, 0.15) is 5.82 Å². The molecule has 0 radical (unpaired) electrons. The van der Waals surface area contributed by atoms with E-state index in [0.717, 1.165) is 17.6 Å². The van der Waals surface area contributed by atoms with Gasteiger partial charge in [-0.15, -0.1) is 0 Å². The van der Waals surface area contributed by atoms with Gasteiger partial charge in [0, 0.05) is 17.6 Å². The fourth-order valence-corrected chi connectivity index (χ4v) is 4.45. The molecular weight excluding hydrogens is 465 g/mol. The van der Waals surface area contributed by atoms with Gasteiger partial charge in [-0.3, -0.25) is 9.69 Å². The van der Waals surface area contributed by atoms with Crippen molar-refractivity contribution in [1.29, 1.82) is 0 Å². The Morgan fingerprint density at radius 2 is 1.93 bits per heavy atom. The average Bonchev–Trinajstić information content (AvgIpc) is 3.09. The Balaban J connectivity index is 2.00. The SMILES string of the molecule is CCN(CC)CCN(C(=O)c1cc(Br)ccc1Cl)c1nc2ccc(F)cc2s1. The van der Waals surface area contributed by atoms with Crippen molar-refractivity contribution in [2.75, 3.05) is 31.1 Å². The maximum atomic E-state index is 13.6. The molecular formula is C20H20BrClFN3OS. The number of anilines is 1. The first kappa shape index (κ1) is 21.2. The topological polar surface area (TPSA) is 36.4 Å². The largest absolute Gasteiger partial charge is 0.302 e. The molecule has 28 heavy (non-hydrogen) atoms. The Bertz CT molecular complexity index is 993. The van der Waals surface area contributed by atoms with Crippen molar-refractivity contribution in [2.24, 2.45) is 0 Å². The van der Waals surface area contributed by atoms with Crippen LogP contribution < -0.4 is 4.90 Å². The summed E-state index contributed by atoms with van der Waals surface area (Å²) in [6.45, 7) is 7.12. The molecule has 3 aromatic rings. The van der Waals surface area contributed by atoms with E-state index in [9.17, 15) is 9.18 Å². The number of likely N-dealkylation sites (N-methyl/N-ethyl adjacent to an activating group) is 1. The van der Waals surface area contributed by atoms with Crippen molar-refractivity contribution in [2.45, 2.75) is 13.8 Å². The number of benzene rings is 2. The molecule has 148 valence electrons. The fraction of sp³-hybridized carbons (Fsp3) is 0.300. The highest BCUT2D eigenvalue weighted by Gasteiger charge is 2.24. The van der Waals surface area contributed by atoms with Gasteiger partial charge in [-0.05, 0) is 49.5 Å². The molecule has 0 saturated heterocycles. The van der Waals surface area contributed by atoms with Gasteiger partial charge in [-0.2, -0.15) is 0 Å². The van der Waals surface area contributed by atoms with E-state index in [2.05, 4.69) is 39.7 Å². The van der Waals surface area contributed by atoms with Crippen LogP contribution in [0.15, 0.2) is 40.9 Å². The van der Waals surface area contributed by atoms with Crippen LogP contribution in [0.4, 0.5) is 9.52 Å². The summed E-state index contributed by atoms with van der Waals surface area (Å²) in [5.41, 5.74) is 1.07. The monoisotopic (exact) mass is 483 g/mol. The van der Waals surface area contributed by atoms with Gasteiger partial charge in [0.25, 0.3) is 5.91 Å². The lowest BCUT2D eigenvalue weighted by molar-refractivity contribution is 0.0984. The van der Waals surface area contributed by atoms with Crippen LogP contribution in [0.1, 0.15) is 24.2 Å². The highest BCUT2D eigenvalue weighted by Crippen LogP contribution is 2.31. The highest BCUT2D eigenvalue weighted by molar-refractivity contribution is 9.10. The van der Waals surface area contributed by atoms with E-state index in [-0.39, 0.29) is 11.7 Å². The summed E-state index contributed by atoms with van der Waals surface area (Å²) in [5, 5.41) is 0.919. The summed E-state index contributed by atoms with van der Waals surface area (Å²) in [4.78, 5) is 21.8. The van der Waals surface area contributed by atoms with Gasteiger partial charge < -0.3 is 4.90 Å². The number of halogens is 3. The number of amides is 1. The van der Waals surface area contributed by atoms with E-state index >= 15 is 0 Å². The van der Waals surface area contributed by atoms with Crippen LogP contribution in [0, 0.1) is 5.82 Å². The lowest BCUT2D eigenvalue weighted by Gasteiger charge is -2.25. The van der Waals surface area contributed by atoms with Gasteiger partial charge >= 0.3 is 0 Å². The maximum absolute atomic E-state index is 13.6. The first-order chi connectivity index (χ1) is 13.4. The number of nitrogens with zero attached hydrogens (tertiary/aromatic N) is 3. The predicted molar refractivity (Wildman–Crippen MR) is 118 cm³/mol. The molecule has 0 N–H and O–H groups in total. The van der Waals surface area contributed by atoms with Crippen molar-refractivity contribution in [3.05, 3.63) is 57.3 Å². The summed E-state index contributed by atoms with van der Waals surface area (Å²) in [5.74, 6) is -0.545. The molecule has 4 nitrogen and oxygen atoms in total. The molecule has 0 aliphatic rings. The predicted octanol–water partition coefficient (Wildman–Crippen LogP) is 5.84. The second-order valence-corrected chi connectivity index (χ2v) is 8.55. The van der Waals surface area contributed by atoms with Crippen LogP contribution in [0.3, 0.4) is 0 Å². The molecule has 0 bridgehead atoms. The van der Waals surface area contributed by atoms with Crippen molar-refractivity contribution in [3.63, 3.8) is 0 Å². The van der Waals surface area contributed by atoms with Crippen LogP contribution in [0.25, 0.3) is 10.2 Å². The summed E-state index contributed by atoms with van der Waals surface area (Å²) in [6, 6.07) is 9.63. The number of rotatable bonds is 7. The number of carbonyl (C=O) groups is 1. The summed E-state index contributed by atoms with van der Waals surface area (Å²) >= 11 is 11.0. The smallest absolute Gasteiger partial charge is 0.261 e. The molecule has 1 amide bonds. The molecule has 2 aromatic carbocycles. The molecule has 0 atom stereocenters. The fourth-order valence-electron chi connectivity index (χ4n) is 2.87. The van der Waals surface area contributed by atoms with Crippen molar-refractivity contribution in [3.8, 4) is 0 Å². The van der Waals surface area contributed by atoms with Crippen LogP contribution in [0.5, 0.6) is 0 Å². The van der Waals surface area contributed by atoms with Crippen molar-refractivity contribution >= 4 is 60.1 Å². The second-order valence-electron chi connectivity index (χ2n) is 6.22. The molecule has 0 unspecified atom stereocenters. The van der Waals surface area contributed by atoms with Crippen LogP contribution in [-0.2, 0) is 0 Å². The standard InChI is InChI=1S/C20H20BrClFN3OS/c1-3-25(4-2)9-10-26(19(27)15-11-13(21)5-7-16(15)22)20-24-17-8-6-14(23)12-18(17)28-20/h5-8,11-12H,3-4,9-10H2,1-2H3. The van der Waals surface area contributed by atoms with Crippen LogP contribution >= 0.6 is 38.9 Å². The Kier molecular flexibility index (Phi) is 7.04. The number of aromatic nitrogens is 1. The first-order valence-electron chi connectivity index (χ1n) is 8.98. The molecule has 0 fully saturated rings. The lowest BCUT2D eigenvalue weighted by atomic mass is 10.2. The molecule has 8 heteroatoms. The summed E-state index contributed by atoms with van der Waals surface area (Å²) in [6.07, 6.45) is 0. The molecule has 1 heterocycles. The van der Waals surface area contributed by atoms with Crippen LogP contribution in [0.2, 0.25) is 5.02 Å². The van der Waals surface area contributed by atoms with E-state index in [4.69, 9.17) is 11.6 Å². The number of hydrogen-bond acceptors (Lipinski definition) is 4. The minimum absolute atomic E-state index is 0.224. The van der Waals surface area contributed by atoms with Gasteiger partial charge in [-0.1, -0.05) is 52.7 Å². The third-order valence-electron chi connectivity index (χ3n) is 4.51. The summed E-state index contributed by atoms with van der Waals surface area (Å²) in [7, 11) is 0. The van der Waals surface area contributed by atoms with Gasteiger partial charge in [0.05, 0.1) is 20.8 Å². The number of carbonyl (C=O) groups excluding carboxylic acids is 1. The molecule has 3 rings (SSSR count). The number of thiazole rings is 1. The Hall–Kier alpha value is -1.54. The van der Waals surface area contributed by atoms with Crippen molar-refractivity contribution in [1.82, 2.24) is 9.88 Å². The minimum atomic E-state index is -0.321. The summed E-state index contributed by atoms with van der Waals surface area (Å²) < 4.78 is 15.1. The Morgan fingerprint density at radius 1 is 1.18 bits per heavy atom. The van der Waals surface area contributed by atoms with E-state index in [1.807, 2.05) is 0 Å². The number of hydrogen-bond donors (Lipinski definition) is 0. The van der Waals surface area contributed by atoms with E-state index in [1.54, 1.807) is 29.2 Å². The van der Waals surface area contributed by atoms with E-state index in [0.29, 0.717) is 39.0 Å². The zero-order valence-electron chi connectivity index (χ0n) is 15.6. The average molecular weight is 485 g/mol. The first-order valence-corrected chi connectivity index (χ1v) is 11.0. The van der Waals surface area contributed by atoms with Gasteiger partial charge in [-0.25, -0.2) is 9.37 Å². The van der Waals surface area contributed by atoms with Gasteiger partial charge in [0.15, 0.2) is 5.13 Å². The second kappa shape index (κ2) is 9.31. The maximum Gasteiger partial charge on any atom is 0.261 e. The molecule has 0 saturated carbocycles.